The maximum absolute atomic E-state index is 13.4. The summed E-state index contributed by atoms with van der Waals surface area (Å²) in [6.07, 6.45) is 0.709. The number of thioether (sulfide) groups is 1. The Morgan fingerprint density at radius 3 is 2.81 bits per heavy atom. The normalized spacial score (nSPS) is 13.9. The number of hydrogen-bond donors (Lipinski definition) is 3. The van der Waals surface area contributed by atoms with Crippen molar-refractivity contribution in [3.05, 3.63) is 52.1 Å². The number of halogens is 1. The smallest absolute Gasteiger partial charge is 0.253 e. The molecule has 21 heavy (non-hydrogen) atoms. The molecule has 0 fully saturated rings. The molecule has 0 aliphatic rings. The van der Waals surface area contributed by atoms with Crippen LogP contribution in [0, 0.1) is 5.82 Å². The fourth-order valence-corrected chi connectivity index (χ4v) is 3.14. The first-order valence-corrected chi connectivity index (χ1v) is 7.42. The number of nitrogens with zero attached hydrogens (tertiary/aromatic N) is 1. The van der Waals surface area contributed by atoms with E-state index in [9.17, 15) is 9.18 Å². The van der Waals surface area contributed by atoms with Gasteiger partial charge >= 0.3 is 0 Å². The highest BCUT2D eigenvalue weighted by Gasteiger charge is 2.21. The van der Waals surface area contributed by atoms with Crippen molar-refractivity contribution in [2.24, 2.45) is 5.73 Å². The minimum atomic E-state index is -0.326. The van der Waals surface area contributed by atoms with E-state index in [2.05, 4.69) is 9.97 Å². The minimum absolute atomic E-state index is 0.143. The fraction of sp³-hybridized carbons (Fsp3) is 0.286. The third-order valence-corrected chi connectivity index (χ3v) is 4.31. The molecule has 2 unspecified atom stereocenters. The van der Waals surface area contributed by atoms with Gasteiger partial charge in [-0.25, -0.2) is 9.37 Å². The summed E-state index contributed by atoms with van der Waals surface area (Å²) in [5, 5.41) is 0.147. The number of aromatic nitrogens is 2. The highest BCUT2D eigenvalue weighted by atomic mass is 32.2. The molecular weight excluding hydrogens is 291 g/mol. The van der Waals surface area contributed by atoms with Crippen LogP contribution in [0.25, 0.3) is 0 Å². The Kier molecular flexibility index (Phi) is 4.98. The minimum Gasteiger partial charge on any atom is -0.383 e. The molecule has 2 atom stereocenters. The van der Waals surface area contributed by atoms with Gasteiger partial charge in [0, 0.05) is 12.1 Å². The lowest BCUT2D eigenvalue weighted by atomic mass is 10.0. The van der Waals surface area contributed by atoms with Gasteiger partial charge in [-0.3, -0.25) is 4.79 Å². The molecule has 0 radical (unpaired) electrons. The van der Waals surface area contributed by atoms with Gasteiger partial charge in [-0.15, -0.1) is 0 Å². The molecule has 5 N–H and O–H groups in total. The number of benzene rings is 1. The van der Waals surface area contributed by atoms with E-state index in [1.54, 1.807) is 12.1 Å². The van der Waals surface area contributed by atoms with Crippen molar-refractivity contribution < 1.29 is 4.39 Å². The summed E-state index contributed by atoms with van der Waals surface area (Å²) < 4.78 is 13.4. The van der Waals surface area contributed by atoms with Crippen LogP contribution in [0.4, 0.5) is 10.2 Å². The maximum Gasteiger partial charge on any atom is 0.253 e. The second-order valence-corrected chi connectivity index (χ2v) is 5.77. The second-order valence-electron chi connectivity index (χ2n) is 4.64. The SMILES string of the molecule is CCC(N)C(Sc1nc(N)cc(=O)[nH]1)c1cccc(F)c1. The number of hydrogen-bond acceptors (Lipinski definition) is 5. The topological polar surface area (TPSA) is 97.8 Å². The van der Waals surface area contributed by atoms with Gasteiger partial charge in [0.05, 0.1) is 5.25 Å². The Labute approximate surface area is 126 Å². The summed E-state index contributed by atoms with van der Waals surface area (Å²) in [6, 6.07) is 7.27. The van der Waals surface area contributed by atoms with Crippen molar-refractivity contribution in [3.63, 3.8) is 0 Å². The van der Waals surface area contributed by atoms with Crippen LogP contribution >= 0.6 is 11.8 Å². The van der Waals surface area contributed by atoms with Crippen LogP contribution in [-0.4, -0.2) is 16.0 Å². The van der Waals surface area contributed by atoms with Gasteiger partial charge in [0.25, 0.3) is 5.56 Å². The lowest BCUT2D eigenvalue weighted by molar-refractivity contribution is 0.609. The first-order valence-electron chi connectivity index (χ1n) is 6.54. The molecule has 2 rings (SSSR count). The Morgan fingerprint density at radius 2 is 2.19 bits per heavy atom. The molecule has 0 saturated carbocycles. The summed E-state index contributed by atoms with van der Waals surface area (Å²) >= 11 is 1.27. The van der Waals surface area contributed by atoms with Crippen molar-refractivity contribution in [1.29, 1.82) is 0 Å². The molecule has 0 aliphatic carbocycles. The number of H-pyrrole nitrogens is 1. The molecule has 0 amide bonds. The first-order chi connectivity index (χ1) is 9.99. The van der Waals surface area contributed by atoms with Crippen molar-refractivity contribution in [3.8, 4) is 0 Å². The zero-order valence-corrected chi connectivity index (χ0v) is 12.4. The molecule has 1 heterocycles. The van der Waals surface area contributed by atoms with Gasteiger partial charge in [-0.05, 0) is 24.1 Å². The average molecular weight is 308 g/mol. The molecule has 0 bridgehead atoms. The zero-order chi connectivity index (χ0) is 15.4. The van der Waals surface area contributed by atoms with Crippen molar-refractivity contribution in [2.75, 3.05) is 5.73 Å². The molecule has 112 valence electrons. The van der Waals surface area contributed by atoms with E-state index in [0.29, 0.717) is 11.6 Å². The molecule has 0 aliphatic heterocycles. The lowest BCUT2D eigenvalue weighted by Gasteiger charge is -2.22. The number of nitrogen functional groups attached to an aromatic ring is 1. The number of nitrogens with two attached hydrogens (primary N) is 2. The zero-order valence-electron chi connectivity index (χ0n) is 11.5. The maximum atomic E-state index is 13.4. The standard InChI is InChI=1S/C14H17FN4OS/c1-2-10(16)13(8-4-3-5-9(15)6-8)21-14-18-11(17)7-12(20)19-14/h3-7,10,13H,2,16H2,1H3,(H3,17,18,19,20). The molecule has 5 nitrogen and oxygen atoms in total. The Bertz CT molecular complexity index is 676. The molecule has 1 aromatic carbocycles. The summed E-state index contributed by atoms with van der Waals surface area (Å²) in [5.41, 5.74) is 12.1. The highest BCUT2D eigenvalue weighted by molar-refractivity contribution is 7.99. The van der Waals surface area contributed by atoms with E-state index in [1.165, 1.54) is 30.0 Å². The van der Waals surface area contributed by atoms with Crippen LogP contribution in [0.15, 0.2) is 40.3 Å². The van der Waals surface area contributed by atoms with E-state index in [4.69, 9.17) is 11.5 Å². The molecule has 7 heteroatoms. The number of nitrogens with one attached hydrogen (secondary N) is 1. The third-order valence-electron chi connectivity index (χ3n) is 3.02. The lowest BCUT2D eigenvalue weighted by Crippen LogP contribution is -2.26. The van der Waals surface area contributed by atoms with Gasteiger partial charge in [-0.2, -0.15) is 0 Å². The Balaban J connectivity index is 2.35. The quantitative estimate of drug-likeness (QED) is 0.580. The van der Waals surface area contributed by atoms with E-state index in [0.717, 1.165) is 5.56 Å². The van der Waals surface area contributed by atoms with Gasteiger partial charge < -0.3 is 16.5 Å². The van der Waals surface area contributed by atoms with E-state index in [1.807, 2.05) is 6.92 Å². The molecule has 2 aromatic rings. The Hall–Kier alpha value is -1.86. The molecule has 0 spiro atoms. The number of aromatic amines is 1. The van der Waals surface area contributed by atoms with Crippen LogP contribution in [-0.2, 0) is 0 Å². The Morgan fingerprint density at radius 1 is 1.43 bits per heavy atom. The third kappa shape index (κ3) is 4.05. The largest absolute Gasteiger partial charge is 0.383 e. The fourth-order valence-electron chi connectivity index (χ4n) is 1.93. The summed E-state index contributed by atoms with van der Waals surface area (Å²) in [6.45, 7) is 1.95. The second kappa shape index (κ2) is 6.73. The predicted octanol–water partition coefficient (Wildman–Crippen LogP) is 2.06. The van der Waals surface area contributed by atoms with Crippen LogP contribution in [0.5, 0.6) is 0 Å². The van der Waals surface area contributed by atoms with Crippen LogP contribution < -0.4 is 17.0 Å². The number of anilines is 1. The average Bonchev–Trinajstić information content (AvgIpc) is 2.43. The summed E-state index contributed by atoms with van der Waals surface area (Å²) in [4.78, 5) is 18.1. The number of rotatable bonds is 5. The van der Waals surface area contributed by atoms with E-state index in [-0.39, 0.29) is 28.5 Å². The summed E-state index contributed by atoms with van der Waals surface area (Å²) in [5.74, 6) is -0.181. The van der Waals surface area contributed by atoms with Crippen LogP contribution in [0.3, 0.4) is 0 Å². The van der Waals surface area contributed by atoms with Crippen molar-refractivity contribution >= 4 is 17.6 Å². The van der Waals surface area contributed by atoms with Gasteiger partial charge in [0.2, 0.25) is 0 Å². The van der Waals surface area contributed by atoms with Crippen molar-refractivity contribution in [2.45, 2.75) is 29.8 Å². The van der Waals surface area contributed by atoms with Gasteiger partial charge in [0.1, 0.15) is 11.6 Å². The molecule has 0 saturated heterocycles. The summed E-state index contributed by atoms with van der Waals surface area (Å²) in [7, 11) is 0. The predicted molar refractivity (Wildman–Crippen MR) is 82.5 cm³/mol. The van der Waals surface area contributed by atoms with E-state index >= 15 is 0 Å². The highest BCUT2D eigenvalue weighted by Crippen LogP contribution is 2.36. The monoisotopic (exact) mass is 308 g/mol. The van der Waals surface area contributed by atoms with Crippen LogP contribution in [0.1, 0.15) is 24.2 Å². The van der Waals surface area contributed by atoms with Crippen molar-refractivity contribution in [1.82, 2.24) is 9.97 Å². The van der Waals surface area contributed by atoms with E-state index < -0.39 is 0 Å². The van der Waals surface area contributed by atoms with Crippen LogP contribution in [0.2, 0.25) is 0 Å². The molecule has 1 aromatic heterocycles. The first kappa shape index (κ1) is 15.5. The van der Waals surface area contributed by atoms with Gasteiger partial charge in [0.15, 0.2) is 5.16 Å². The van der Waals surface area contributed by atoms with Gasteiger partial charge in [-0.1, -0.05) is 30.8 Å². The molecular formula is C14H17FN4OS.